The van der Waals surface area contributed by atoms with Gasteiger partial charge in [0.25, 0.3) is 0 Å². The number of carbonyl (C=O) groups is 2. The van der Waals surface area contributed by atoms with E-state index >= 15 is 0 Å². The fourth-order valence-electron chi connectivity index (χ4n) is 4.68. The lowest BCUT2D eigenvalue weighted by Crippen LogP contribution is -2.14. The van der Waals surface area contributed by atoms with Crippen molar-refractivity contribution >= 4 is 17.6 Å². The largest absolute Gasteiger partial charge is 0.493 e. The van der Waals surface area contributed by atoms with Crippen molar-refractivity contribution in [2.24, 2.45) is 0 Å². The van der Waals surface area contributed by atoms with Crippen molar-refractivity contribution in [3.05, 3.63) is 52.7 Å². The maximum atomic E-state index is 12.8. The Morgan fingerprint density at radius 1 is 1.09 bits per heavy atom. The Hall–Kier alpha value is -2.89. The van der Waals surface area contributed by atoms with Crippen molar-refractivity contribution in [2.75, 3.05) is 25.1 Å². The molecule has 0 saturated carbocycles. The average Bonchev–Trinajstić information content (AvgIpc) is 3.35. The summed E-state index contributed by atoms with van der Waals surface area (Å²) in [4.78, 5) is 29.7. The van der Waals surface area contributed by atoms with Gasteiger partial charge in [0.05, 0.1) is 19.6 Å². The summed E-state index contributed by atoms with van der Waals surface area (Å²) < 4.78 is 10.9. The summed E-state index contributed by atoms with van der Waals surface area (Å²) in [5.74, 6) is 1.64. The van der Waals surface area contributed by atoms with Crippen LogP contribution in [0.5, 0.6) is 5.75 Å². The molecule has 4 rings (SSSR count). The number of esters is 1. The standard InChI is InChI=1S/C27H34N2O4.C2H6/c1-2-32-26(31)18-22(21-10-9-19-13-15-33-25(19)17-21)16-24(30)8-4-3-7-23-12-11-20-6-5-14-28-27(20)29-23;1-2/h9-12,17,22H,2-8,13-16,18H2,1H3,(H,28,29);1-2H3. The number of benzene rings is 1. The van der Waals surface area contributed by atoms with Crippen LogP contribution >= 0.6 is 0 Å². The molecule has 1 atom stereocenters. The first-order valence-electron chi connectivity index (χ1n) is 13.3. The van der Waals surface area contributed by atoms with Gasteiger partial charge < -0.3 is 14.8 Å². The summed E-state index contributed by atoms with van der Waals surface area (Å²) in [7, 11) is 0. The van der Waals surface area contributed by atoms with Gasteiger partial charge in [-0.1, -0.05) is 32.0 Å². The van der Waals surface area contributed by atoms with Crippen molar-refractivity contribution in [2.45, 2.75) is 84.5 Å². The molecule has 6 nitrogen and oxygen atoms in total. The minimum Gasteiger partial charge on any atom is -0.493 e. The number of nitrogens with zero attached hydrogens (tertiary/aromatic N) is 1. The van der Waals surface area contributed by atoms with E-state index in [0.29, 0.717) is 26.1 Å². The maximum absolute atomic E-state index is 12.8. The third kappa shape index (κ3) is 7.81. The number of pyridine rings is 1. The Balaban J connectivity index is 0.00000167. The Kier molecular flexibility index (Phi) is 10.6. The highest BCUT2D eigenvalue weighted by Gasteiger charge is 2.23. The van der Waals surface area contributed by atoms with Gasteiger partial charge in [-0.15, -0.1) is 0 Å². The van der Waals surface area contributed by atoms with Crippen LogP contribution in [-0.4, -0.2) is 36.5 Å². The van der Waals surface area contributed by atoms with Crippen molar-refractivity contribution in [1.29, 1.82) is 0 Å². The fraction of sp³-hybridized carbons (Fsp3) is 0.552. The molecule has 6 heteroatoms. The van der Waals surface area contributed by atoms with Crippen LogP contribution in [-0.2, 0) is 33.6 Å². The van der Waals surface area contributed by atoms with Crippen molar-refractivity contribution in [3.63, 3.8) is 0 Å². The minimum atomic E-state index is -0.260. The maximum Gasteiger partial charge on any atom is 0.306 e. The summed E-state index contributed by atoms with van der Waals surface area (Å²) in [5, 5.41) is 3.38. The highest BCUT2D eigenvalue weighted by atomic mass is 16.5. The first kappa shape index (κ1) is 26.7. The molecule has 0 fully saturated rings. The van der Waals surface area contributed by atoms with Gasteiger partial charge in [0.1, 0.15) is 17.4 Å². The van der Waals surface area contributed by atoms with Gasteiger partial charge in [-0.2, -0.15) is 0 Å². The Morgan fingerprint density at radius 2 is 1.91 bits per heavy atom. The van der Waals surface area contributed by atoms with Crippen LogP contribution in [0, 0.1) is 0 Å². The van der Waals surface area contributed by atoms with Crippen LogP contribution < -0.4 is 10.1 Å². The molecule has 0 saturated heterocycles. The number of hydrogen-bond acceptors (Lipinski definition) is 6. The Morgan fingerprint density at radius 3 is 2.74 bits per heavy atom. The second-order valence-corrected chi connectivity index (χ2v) is 8.96. The van der Waals surface area contributed by atoms with E-state index in [4.69, 9.17) is 14.5 Å². The number of ether oxygens (including phenoxy) is 2. The number of nitrogens with one attached hydrogen (secondary N) is 1. The zero-order valence-corrected chi connectivity index (χ0v) is 21.5. The molecule has 0 aliphatic carbocycles. The third-order valence-corrected chi connectivity index (χ3v) is 6.47. The van der Waals surface area contributed by atoms with Crippen LogP contribution in [0.25, 0.3) is 0 Å². The summed E-state index contributed by atoms with van der Waals surface area (Å²) in [6, 6.07) is 10.4. The smallest absolute Gasteiger partial charge is 0.306 e. The number of aromatic nitrogens is 1. The summed E-state index contributed by atoms with van der Waals surface area (Å²) in [5.41, 5.74) is 4.53. The number of fused-ring (bicyclic) bond motifs is 2. The molecule has 3 heterocycles. The molecule has 2 aromatic rings. The second-order valence-electron chi connectivity index (χ2n) is 8.96. The lowest BCUT2D eigenvalue weighted by molar-refractivity contribution is -0.143. The van der Waals surface area contributed by atoms with Crippen LogP contribution in [0.4, 0.5) is 5.82 Å². The number of rotatable bonds is 11. The molecule has 2 aliphatic heterocycles. The molecule has 0 spiro atoms. The predicted molar refractivity (Wildman–Crippen MR) is 139 cm³/mol. The van der Waals surface area contributed by atoms with E-state index in [-0.39, 0.29) is 24.1 Å². The number of Topliss-reactive ketones (excluding diaryl/α,β-unsaturated/α-hetero) is 1. The number of ketones is 1. The van der Waals surface area contributed by atoms with Gasteiger partial charge in [0, 0.05) is 37.4 Å². The van der Waals surface area contributed by atoms with E-state index in [1.807, 2.05) is 26.0 Å². The van der Waals surface area contributed by atoms with E-state index in [0.717, 1.165) is 67.9 Å². The zero-order valence-electron chi connectivity index (χ0n) is 21.5. The van der Waals surface area contributed by atoms with E-state index in [9.17, 15) is 9.59 Å². The van der Waals surface area contributed by atoms with Gasteiger partial charge in [0.2, 0.25) is 0 Å². The quantitative estimate of drug-likeness (QED) is 0.323. The number of aryl methyl sites for hydroxylation is 2. The zero-order chi connectivity index (χ0) is 25.0. The van der Waals surface area contributed by atoms with E-state index in [1.54, 1.807) is 6.92 Å². The van der Waals surface area contributed by atoms with Gasteiger partial charge in [-0.05, 0) is 67.9 Å². The van der Waals surface area contributed by atoms with Crippen LogP contribution in [0.1, 0.15) is 87.6 Å². The molecule has 2 aliphatic rings. The topological polar surface area (TPSA) is 77.5 Å². The van der Waals surface area contributed by atoms with Crippen LogP contribution in [0.2, 0.25) is 0 Å². The van der Waals surface area contributed by atoms with Crippen molar-refractivity contribution < 1.29 is 19.1 Å². The molecule has 1 aromatic heterocycles. The molecule has 0 amide bonds. The Bertz CT molecular complexity index is 989. The fourth-order valence-corrected chi connectivity index (χ4v) is 4.68. The molecular formula is C29H40N2O4. The molecule has 35 heavy (non-hydrogen) atoms. The highest BCUT2D eigenvalue weighted by molar-refractivity contribution is 5.80. The number of anilines is 1. The van der Waals surface area contributed by atoms with Gasteiger partial charge in [-0.25, -0.2) is 4.98 Å². The minimum absolute atomic E-state index is 0.181. The monoisotopic (exact) mass is 480 g/mol. The molecule has 1 aromatic carbocycles. The lowest BCUT2D eigenvalue weighted by atomic mass is 9.88. The van der Waals surface area contributed by atoms with E-state index in [1.165, 1.54) is 11.1 Å². The van der Waals surface area contributed by atoms with Gasteiger partial charge >= 0.3 is 5.97 Å². The van der Waals surface area contributed by atoms with Crippen molar-refractivity contribution in [1.82, 2.24) is 4.98 Å². The van der Waals surface area contributed by atoms with E-state index in [2.05, 4.69) is 23.5 Å². The number of hydrogen-bond donors (Lipinski definition) is 1. The highest BCUT2D eigenvalue weighted by Crippen LogP contribution is 2.33. The number of carbonyl (C=O) groups excluding carboxylic acids is 2. The van der Waals surface area contributed by atoms with E-state index < -0.39 is 0 Å². The first-order valence-corrected chi connectivity index (χ1v) is 13.3. The molecule has 1 N–H and O–H groups in total. The summed E-state index contributed by atoms with van der Waals surface area (Å²) >= 11 is 0. The molecular weight excluding hydrogens is 440 g/mol. The number of unbranched alkanes of at least 4 members (excludes halogenated alkanes) is 1. The molecule has 190 valence electrons. The Labute approximate surface area is 209 Å². The van der Waals surface area contributed by atoms with Gasteiger partial charge in [-0.3, -0.25) is 9.59 Å². The van der Waals surface area contributed by atoms with Crippen LogP contribution in [0.3, 0.4) is 0 Å². The van der Waals surface area contributed by atoms with Crippen LogP contribution in [0.15, 0.2) is 30.3 Å². The normalized spacial score (nSPS) is 14.4. The predicted octanol–water partition coefficient (Wildman–Crippen LogP) is 5.81. The molecule has 0 bridgehead atoms. The first-order chi connectivity index (χ1) is 17.1. The summed E-state index contributed by atoms with van der Waals surface area (Å²) in [6.07, 6.45) is 6.85. The summed E-state index contributed by atoms with van der Waals surface area (Å²) in [6.45, 7) is 7.82. The second kappa shape index (κ2) is 13.9. The molecule has 1 unspecified atom stereocenters. The SMILES string of the molecule is CC.CCOC(=O)CC(CC(=O)CCCCc1ccc2c(n1)NCCC2)c1ccc2c(c1)OCC2. The van der Waals surface area contributed by atoms with Crippen molar-refractivity contribution in [3.8, 4) is 5.75 Å². The van der Waals surface area contributed by atoms with Gasteiger partial charge in [0.15, 0.2) is 0 Å². The third-order valence-electron chi connectivity index (χ3n) is 6.47. The molecule has 0 radical (unpaired) electrons. The lowest BCUT2D eigenvalue weighted by Gasteiger charge is -2.17. The average molecular weight is 481 g/mol.